The van der Waals surface area contributed by atoms with Gasteiger partial charge in [-0.05, 0) is 48.2 Å². The van der Waals surface area contributed by atoms with Crippen LogP contribution in [0.4, 0.5) is 23.2 Å². The first-order valence-electron chi connectivity index (χ1n) is 8.49. The number of anilines is 1. The summed E-state index contributed by atoms with van der Waals surface area (Å²) in [4.78, 5) is 16.8. The number of hydrogen-bond donors (Lipinski definition) is 1. The van der Waals surface area contributed by atoms with Crippen LogP contribution >= 0.6 is 0 Å². The van der Waals surface area contributed by atoms with Crippen LogP contribution < -0.4 is 10.1 Å². The van der Waals surface area contributed by atoms with E-state index < -0.39 is 35.6 Å². The van der Waals surface area contributed by atoms with Crippen molar-refractivity contribution in [2.75, 3.05) is 5.32 Å². The molecule has 28 heavy (non-hydrogen) atoms. The Balaban J connectivity index is 1.65. The fraction of sp³-hybridized carbons (Fsp3) is 0.263. The van der Waals surface area contributed by atoms with E-state index in [-0.39, 0.29) is 6.10 Å². The van der Waals surface area contributed by atoms with Crippen LogP contribution in [0.25, 0.3) is 5.57 Å². The summed E-state index contributed by atoms with van der Waals surface area (Å²) in [5.41, 5.74) is 1.40. The second-order valence-corrected chi connectivity index (χ2v) is 6.37. The zero-order valence-corrected chi connectivity index (χ0v) is 14.3. The van der Waals surface area contributed by atoms with Gasteiger partial charge in [-0.2, -0.15) is 0 Å². The van der Waals surface area contributed by atoms with Crippen molar-refractivity contribution in [2.45, 2.75) is 31.4 Å². The first-order valence-corrected chi connectivity index (χ1v) is 8.49. The van der Waals surface area contributed by atoms with Crippen LogP contribution in [0.5, 0.6) is 5.75 Å². The summed E-state index contributed by atoms with van der Waals surface area (Å²) < 4.78 is 61.0. The van der Waals surface area contributed by atoms with Crippen molar-refractivity contribution in [3.8, 4) is 5.75 Å². The Morgan fingerprint density at radius 1 is 1.14 bits per heavy atom. The average molecular weight is 394 g/mol. The molecule has 0 radical (unpaired) electrons. The summed E-state index contributed by atoms with van der Waals surface area (Å²) >= 11 is 0. The number of pyridine rings is 1. The minimum atomic E-state index is -5.04. The standard InChI is InChI=1S/C19H14F4N2O3/c20-17-11(2-1-3-14(17)28-19(21,22)23)25-18(26)16-13-5-4-12(27-13)15(16)10-6-8-24-9-7-10/h1-3,6-9,12-13H,4-5H2,(H,25,26)/t12-,13?/m0/s1. The molecule has 3 heterocycles. The molecule has 2 bridgehead atoms. The zero-order chi connectivity index (χ0) is 19.9. The Bertz CT molecular complexity index is 944. The van der Waals surface area contributed by atoms with Gasteiger partial charge in [0.1, 0.15) is 0 Å². The molecule has 2 atom stereocenters. The number of nitrogens with one attached hydrogen (secondary N) is 1. The molecule has 4 rings (SSSR count). The van der Waals surface area contributed by atoms with Gasteiger partial charge in [0, 0.05) is 12.4 Å². The number of carbonyl (C=O) groups is 1. The van der Waals surface area contributed by atoms with Crippen LogP contribution in [0.2, 0.25) is 0 Å². The lowest BCUT2D eigenvalue weighted by Crippen LogP contribution is -2.24. The van der Waals surface area contributed by atoms with Crippen LogP contribution in [0.1, 0.15) is 18.4 Å². The van der Waals surface area contributed by atoms with Gasteiger partial charge in [0.15, 0.2) is 11.6 Å². The maximum absolute atomic E-state index is 14.4. The number of halogens is 4. The number of nitrogens with zero attached hydrogens (tertiary/aromatic N) is 1. The Morgan fingerprint density at radius 3 is 2.57 bits per heavy atom. The summed E-state index contributed by atoms with van der Waals surface area (Å²) in [6.45, 7) is 0. The topological polar surface area (TPSA) is 60.5 Å². The van der Waals surface area contributed by atoms with E-state index in [9.17, 15) is 22.4 Å². The number of ether oxygens (including phenoxy) is 2. The van der Waals surface area contributed by atoms with Gasteiger partial charge in [-0.25, -0.2) is 4.39 Å². The summed E-state index contributed by atoms with van der Waals surface area (Å²) in [5, 5.41) is 2.35. The van der Waals surface area contributed by atoms with Crippen molar-refractivity contribution >= 4 is 17.2 Å². The molecule has 2 aromatic rings. The van der Waals surface area contributed by atoms with E-state index >= 15 is 0 Å². The smallest absolute Gasteiger partial charge is 0.403 e. The molecule has 1 N–H and O–H groups in total. The zero-order valence-electron chi connectivity index (χ0n) is 14.3. The monoisotopic (exact) mass is 394 g/mol. The molecule has 2 aliphatic rings. The van der Waals surface area contributed by atoms with Crippen LogP contribution in [-0.2, 0) is 9.53 Å². The molecule has 1 fully saturated rings. The highest BCUT2D eigenvalue weighted by Crippen LogP contribution is 2.44. The number of benzene rings is 1. The van der Waals surface area contributed by atoms with Crippen molar-refractivity contribution in [3.63, 3.8) is 0 Å². The molecule has 1 amide bonds. The minimum Gasteiger partial charge on any atom is -0.403 e. The lowest BCUT2D eigenvalue weighted by atomic mass is 9.87. The highest BCUT2D eigenvalue weighted by molar-refractivity contribution is 6.11. The third-order valence-corrected chi connectivity index (χ3v) is 4.63. The Kier molecular flexibility index (Phi) is 4.54. The first-order chi connectivity index (χ1) is 13.3. The van der Waals surface area contributed by atoms with Crippen molar-refractivity contribution in [1.29, 1.82) is 0 Å². The second kappa shape index (κ2) is 6.90. The quantitative estimate of drug-likeness (QED) is 0.795. The van der Waals surface area contributed by atoms with Gasteiger partial charge >= 0.3 is 6.36 Å². The Morgan fingerprint density at radius 2 is 1.86 bits per heavy atom. The number of alkyl halides is 3. The fourth-order valence-electron chi connectivity index (χ4n) is 3.55. The van der Waals surface area contributed by atoms with Crippen LogP contribution in [-0.4, -0.2) is 29.5 Å². The summed E-state index contributed by atoms with van der Waals surface area (Å²) in [6.07, 6.45) is -1.17. The summed E-state index contributed by atoms with van der Waals surface area (Å²) in [7, 11) is 0. The van der Waals surface area contributed by atoms with Gasteiger partial charge < -0.3 is 14.8 Å². The largest absolute Gasteiger partial charge is 0.573 e. The van der Waals surface area contributed by atoms with E-state index in [2.05, 4.69) is 15.0 Å². The maximum atomic E-state index is 14.4. The number of fused-ring (bicyclic) bond motifs is 2. The molecule has 1 saturated heterocycles. The van der Waals surface area contributed by atoms with Gasteiger partial charge in [-0.1, -0.05) is 6.07 Å². The molecule has 5 nitrogen and oxygen atoms in total. The van der Waals surface area contributed by atoms with Gasteiger partial charge in [0.2, 0.25) is 0 Å². The number of aromatic nitrogens is 1. The number of carbonyl (C=O) groups excluding carboxylic acids is 1. The summed E-state index contributed by atoms with van der Waals surface area (Å²) in [5.74, 6) is -2.94. The molecule has 0 spiro atoms. The SMILES string of the molecule is O=C(Nc1cccc(OC(F)(F)F)c1F)C1=C(c2ccncc2)[C@@H]2CCC1O2. The Labute approximate surface area is 157 Å². The lowest BCUT2D eigenvalue weighted by molar-refractivity contribution is -0.275. The molecule has 1 aromatic carbocycles. The van der Waals surface area contributed by atoms with Crippen LogP contribution in [0.15, 0.2) is 48.3 Å². The van der Waals surface area contributed by atoms with Gasteiger partial charge in [-0.15, -0.1) is 13.2 Å². The lowest BCUT2D eigenvalue weighted by Gasteiger charge is -2.17. The molecular weight excluding hydrogens is 380 g/mol. The molecule has 2 aliphatic heterocycles. The predicted octanol–water partition coefficient (Wildman–Crippen LogP) is 4.07. The first kappa shape index (κ1) is 18.4. The van der Waals surface area contributed by atoms with Crippen molar-refractivity contribution < 1.29 is 31.8 Å². The molecule has 1 aromatic heterocycles. The average Bonchev–Trinajstić information content (AvgIpc) is 3.26. The van der Waals surface area contributed by atoms with E-state index in [1.54, 1.807) is 24.5 Å². The molecule has 146 valence electrons. The van der Waals surface area contributed by atoms with E-state index in [1.165, 1.54) is 0 Å². The Hall–Kier alpha value is -2.94. The predicted molar refractivity (Wildman–Crippen MR) is 90.8 cm³/mol. The number of rotatable bonds is 4. The molecule has 1 unspecified atom stereocenters. The van der Waals surface area contributed by atoms with Crippen LogP contribution in [0, 0.1) is 5.82 Å². The van der Waals surface area contributed by atoms with E-state index in [4.69, 9.17) is 4.74 Å². The van der Waals surface area contributed by atoms with Crippen LogP contribution in [0.3, 0.4) is 0 Å². The molecule has 0 saturated carbocycles. The fourth-order valence-corrected chi connectivity index (χ4v) is 3.55. The third-order valence-electron chi connectivity index (χ3n) is 4.63. The second-order valence-electron chi connectivity index (χ2n) is 6.37. The molecule has 9 heteroatoms. The van der Waals surface area contributed by atoms with Crippen molar-refractivity contribution in [3.05, 3.63) is 59.7 Å². The van der Waals surface area contributed by atoms with Gasteiger partial charge in [0.25, 0.3) is 5.91 Å². The van der Waals surface area contributed by atoms with E-state index in [0.717, 1.165) is 30.2 Å². The normalized spacial score (nSPS) is 21.1. The molecular formula is C19H14F4N2O3. The highest BCUT2D eigenvalue weighted by atomic mass is 19.4. The van der Waals surface area contributed by atoms with E-state index in [0.29, 0.717) is 17.6 Å². The minimum absolute atomic E-state index is 0.252. The number of hydrogen-bond acceptors (Lipinski definition) is 4. The van der Waals surface area contributed by atoms with Gasteiger partial charge in [-0.3, -0.25) is 9.78 Å². The van der Waals surface area contributed by atoms with Gasteiger partial charge in [0.05, 0.1) is 23.5 Å². The van der Waals surface area contributed by atoms with Crippen molar-refractivity contribution in [1.82, 2.24) is 4.98 Å². The van der Waals surface area contributed by atoms with E-state index in [1.807, 2.05) is 0 Å². The third kappa shape index (κ3) is 3.45. The maximum Gasteiger partial charge on any atom is 0.573 e. The number of amides is 1. The molecule has 0 aliphatic carbocycles. The highest BCUT2D eigenvalue weighted by Gasteiger charge is 2.43. The van der Waals surface area contributed by atoms with Crippen molar-refractivity contribution in [2.24, 2.45) is 0 Å². The summed E-state index contributed by atoms with van der Waals surface area (Å²) in [6, 6.07) is 6.64.